The van der Waals surface area contributed by atoms with Crippen molar-refractivity contribution >= 4 is 15.9 Å². The highest BCUT2D eigenvalue weighted by atomic mass is 32.2. The van der Waals surface area contributed by atoms with E-state index in [0.29, 0.717) is 17.1 Å². The molecule has 0 aliphatic rings. The lowest BCUT2D eigenvalue weighted by molar-refractivity contribution is 0.393. The van der Waals surface area contributed by atoms with Crippen molar-refractivity contribution in [2.75, 3.05) is 18.9 Å². The van der Waals surface area contributed by atoms with Crippen LogP contribution >= 0.6 is 0 Å². The summed E-state index contributed by atoms with van der Waals surface area (Å²) in [4.78, 5) is -0.0242. The second-order valence-electron chi connectivity index (χ2n) is 5.44. The van der Waals surface area contributed by atoms with Gasteiger partial charge >= 0.3 is 0 Å². The number of rotatable bonds is 6. The largest absolute Gasteiger partial charge is 0.502 e. The summed E-state index contributed by atoms with van der Waals surface area (Å²) in [6, 6.07) is 12.3. The summed E-state index contributed by atoms with van der Waals surface area (Å²) in [7, 11) is -1.11. The van der Waals surface area contributed by atoms with Gasteiger partial charge in [0, 0.05) is 6.07 Å². The molecule has 3 N–H and O–H groups in total. The second kappa shape index (κ2) is 7.12. The van der Waals surface area contributed by atoms with Gasteiger partial charge in [0.15, 0.2) is 5.76 Å². The first-order valence-electron chi connectivity index (χ1n) is 7.72. The monoisotopic (exact) mass is 391 g/mol. The fourth-order valence-corrected chi connectivity index (χ4v) is 3.45. The van der Waals surface area contributed by atoms with Crippen LogP contribution in [0.1, 0.15) is 0 Å². The summed E-state index contributed by atoms with van der Waals surface area (Å²) in [6.07, 6.45) is 0. The second-order valence-corrected chi connectivity index (χ2v) is 7.12. The number of anilines is 1. The maximum Gasteiger partial charge on any atom is 0.264 e. The zero-order chi connectivity index (χ0) is 19.6. The summed E-state index contributed by atoms with van der Waals surface area (Å²) in [5.41, 5.74) is 0.302. The molecule has 0 atom stereocenters. The van der Waals surface area contributed by atoms with E-state index >= 15 is 0 Å². The molecule has 0 aliphatic heterocycles. The molecule has 3 aromatic rings. The molecule has 3 rings (SSSR count). The summed E-state index contributed by atoms with van der Waals surface area (Å²) >= 11 is 0. The van der Waals surface area contributed by atoms with E-state index in [1.165, 1.54) is 26.4 Å². The van der Waals surface area contributed by atoms with Crippen molar-refractivity contribution < 1.29 is 32.5 Å². The summed E-state index contributed by atoms with van der Waals surface area (Å²) < 4.78 is 42.7. The third-order valence-electron chi connectivity index (χ3n) is 3.79. The molecule has 1 heterocycles. The number of nitrogens with one attached hydrogen (secondary N) is 1. The Labute approximate surface area is 155 Å². The van der Waals surface area contributed by atoms with Crippen LogP contribution < -0.4 is 14.2 Å². The van der Waals surface area contributed by atoms with Crippen LogP contribution in [0.5, 0.6) is 23.0 Å². The van der Waals surface area contributed by atoms with Crippen LogP contribution in [0.25, 0.3) is 11.3 Å². The molecule has 2 aromatic carbocycles. The Morgan fingerprint density at radius 3 is 2.30 bits per heavy atom. The van der Waals surface area contributed by atoms with E-state index in [1.54, 1.807) is 36.4 Å². The molecule has 9 heteroatoms. The number of hydrogen-bond donors (Lipinski definition) is 3. The zero-order valence-corrected chi connectivity index (χ0v) is 15.3. The molecular formula is C18H17NO7S. The highest BCUT2D eigenvalue weighted by Crippen LogP contribution is 2.48. The molecule has 0 saturated heterocycles. The number of sulfonamides is 1. The van der Waals surface area contributed by atoms with Gasteiger partial charge in [-0.25, -0.2) is 13.1 Å². The van der Waals surface area contributed by atoms with E-state index in [2.05, 4.69) is 4.72 Å². The Morgan fingerprint density at radius 1 is 0.963 bits per heavy atom. The van der Waals surface area contributed by atoms with Gasteiger partial charge < -0.3 is 24.1 Å². The van der Waals surface area contributed by atoms with Crippen molar-refractivity contribution in [3.8, 4) is 34.3 Å². The quantitative estimate of drug-likeness (QED) is 0.590. The first-order chi connectivity index (χ1) is 12.9. The van der Waals surface area contributed by atoms with Crippen molar-refractivity contribution in [2.24, 2.45) is 0 Å². The van der Waals surface area contributed by atoms with E-state index in [4.69, 9.17) is 13.9 Å². The SMILES string of the molecule is COc1ccc(-c2oc(NS(=O)(=O)c3ccccc3)c(O)c2O)c(OC)c1. The maximum atomic E-state index is 12.4. The minimum atomic E-state index is -4.01. The third-order valence-corrected chi connectivity index (χ3v) is 5.14. The van der Waals surface area contributed by atoms with Crippen LogP contribution in [0.4, 0.5) is 5.88 Å². The first kappa shape index (κ1) is 18.5. The predicted molar refractivity (Wildman–Crippen MR) is 97.8 cm³/mol. The number of ether oxygens (including phenoxy) is 2. The topological polar surface area (TPSA) is 118 Å². The summed E-state index contributed by atoms with van der Waals surface area (Å²) in [6.45, 7) is 0. The molecule has 1 aromatic heterocycles. The Kier molecular flexibility index (Phi) is 4.87. The van der Waals surface area contributed by atoms with Crippen molar-refractivity contribution in [2.45, 2.75) is 4.90 Å². The number of furan rings is 1. The minimum absolute atomic E-state index is 0.0242. The lowest BCUT2D eigenvalue weighted by Gasteiger charge is -2.08. The van der Waals surface area contributed by atoms with E-state index in [-0.39, 0.29) is 10.7 Å². The van der Waals surface area contributed by atoms with Gasteiger partial charge in [-0.3, -0.25) is 0 Å². The van der Waals surface area contributed by atoms with Crippen LogP contribution in [0.3, 0.4) is 0 Å². The predicted octanol–water partition coefficient (Wildman–Crippen LogP) is 3.18. The van der Waals surface area contributed by atoms with Crippen LogP contribution in [0.15, 0.2) is 57.8 Å². The zero-order valence-electron chi connectivity index (χ0n) is 14.5. The summed E-state index contributed by atoms with van der Waals surface area (Å²) in [5.74, 6) is -1.21. The van der Waals surface area contributed by atoms with Crippen molar-refractivity contribution in [3.63, 3.8) is 0 Å². The van der Waals surface area contributed by atoms with Gasteiger partial charge in [0.1, 0.15) is 11.5 Å². The van der Waals surface area contributed by atoms with Gasteiger partial charge in [-0.1, -0.05) is 18.2 Å². The van der Waals surface area contributed by atoms with Crippen LogP contribution in [-0.4, -0.2) is 32.9 Å². The Bertz CT molecular complexity index is 1060. The van der Waals surface area contributed by atoms with Gasteiger partial charge in [-0.15, -0.1) is 0 Å². The van der Waals surface area contributed by atoms with Crippen LogP contribution in [0, 0.1) is 0 Å². The van der Waals surface area contributed by atoms with Crippen molar-refractivity contribution in [1.82, 2.24) is 0 Å². The molecular weight excluding hydrogens is 374 g/mol. The standard InChI is InChI=1S/C18H17NO7S/c1-24-11-8-9-13(14(10-11)25-2)17-15(20)16(21)18(26-17)19-27(22,23)12-6-4-3-5-7-12/h3-10,19-21H,1-2H3. The fraction of sp³-hybridized carbons (Fsp3) is 0.111. The average molecular weight is 391 g/mol. The average Bonchev–Trinajstić information content (AvgIpc) is 2.96. The first-order valence-corrected chi connectivity index (χ1v) is 9.20. The molecule has 0 amide bonds. The maximum absolute atomic E-state index is 12.4. The molecule has 0 spiro atoms. The van der Waals surface area contributed by atoms with Gasteiger partial charge in [0.05, 0.1) is 24.7 Å². The van der Waals surface area contributed by atoms with Crippen molar-refractivity contribution in [3.05, 3.63) is 48.5 Å². The molecule has 0 aliphatic carbocycles. The summed E-state index contributed by atoms with van der Waals surface area (Å²) in [5, 5.41) is 20.3. The molecule has 0 fully saturated rings. The van der Waals surface area contributed by atoms with E-state index in [0.717, 1.165) is 0 Å². The van der Waals surface area contributed by atoms with E-state index < -0.39 is 27.4 Å². The minimum Gasteiger partial charge on any atom is -0.502 e. The number of methoxy groups -OCH3 is 2. The lowest BCUT2D eigenvalue weighted by atomic mass is 10.1. The van der Waals surface area contributed by atoms with Gasteiger partial charge in [0.25, 0.3) is 15.9 Å². The Balaban J connectivity index is 2.03. The van der Waals surface area contributed by atoms with Gasteiger partial charge in [0.2, 0.25) is 11.5 Å². The van der Waals surface area contributed by atoms with Gasteiger partial charge in [-0.05, 0) is 24.3 Å². The molecule has 0 unspecified atom stereocenters. The molecule has 0 bridgehead atoms. The highest BCUT2D eigenvalue weighted by Gasteiger charge is 2.26. The fourth-order valence-electron chi connectivity index (χ4n) is 2.43. The van der Waals surface area contributed by atoms with Crippen LogP contribution in [0.2, 0.25) is 0 Å². The molecule has 27 heavy (non-hydrogen) atoms. The molecule has 142 valence electrons. The number of aromatic hydroxyl groups is 2. The van der Waals surface area contributed by atoms with Gasteiger partial charge in [-0.2, -0.15) is 0 Å². The smallest absolute Gasteiger partial charge is 0.264 e. The Hall–Kier alpha value is -3.33. The number of benzene rings is 2. The van der Waals surface area contributed by atoms with E-state index in [9.17, 15) is 18.6 Å². The van der Waals surface area contributed by atoms with E-state index in [1.807, 2.05) is 0 Å². The number of hydrogen-bond acceptors (Lipinski definition) is 7. The Morgan fingerprint density at radius 2 is 1.67 bits per heavy atom. The lowest BCUT2D eigenvalue weighted by Crippen LogP contribution is -2.12. The molecule has 0 saturated carbocycles. The highest BCUT2D eigenvalue weighted by molar-refractivity contribution is 7.92. The third kappa shape index (κ3) is 3.49. The van der Waals surface area contributed by atoms with Crippen molar-refractivity contribution in [1.29, 1.82) is 0 Å². The van der Waals surface area contributed by atoms with Crippen LogP contribution in [-0.2, 0) is 10.0 Å². The molecule has 8 nitrogen and oxygen atoms in total. The normalized spacial score (nSPS) is 11.2. The molecule has 0 radical (unpaired) electrons.